The van der Waals surface area contributed by atoms with Crippen molar-refractivity contribution in [3.05, 3.63) is 54.1 Å². The number of ketones is 2. The Hall–Kier alpha value is -2.42. The lowest BCUT2D eigenvalue weighted by atomic mass is 9.99. The monoisotopic (exact) mass is 408 g/mol. The molecule has 162 valence electrons. The van der Waals surface area contributed by atoms with E-state index in [1.807, 2.05) is 55.5 Å². The number of rotatable bonds is 15. The van der Waals surface area contributed by atoms with Crippen molar-refractivity contribution < 1.29 is 14.3 Å². The highest BCUT2D eigenvalue weighted by atomic mass is 16.5. The largest absolute Gasteiger partial charge is 0.494 e. The minimum Gasteiger partial charge on any atom is -0.494 e. The van der Waals surface area contributed by atoms with Gasteiger partial charge in [-0.25, -0.2) is 0 Å². The van der Waals surface area contributed by atoms with Crippen LogP contribution < -0.4 is 4.74 Å². The van der Waals surface area contributed by atoms with E-state index in [-0.39, 0.29) is 18.0 Å². The second-order valence-electron chi connectivity index (χ2n) is 7.96. The van der Waals surface area contributed by atoms with Crippen molar-refractivity contribution in [3.63, 3.8) is 0 Å². The average Bonchev–Trinajstić information content (AvgIpc) is 2.77. The highest BCUT2D eigenvalue weighted by molar-refractivity contribution is 6.08. The van der Waals surface area contributed by atoms with Crippen LogP contribution in [0.4, 0.5) is 0 Å². The van der Waals surface area contributed by atoms with Gasteiger partial charge < -0.3 is 4.74 Å². The average molecular weight is 409 g/mol. The minimum atomic E-state index is -0.0962. The topological polar surface area (TPSA) is 43.4 Å². The van der Waals surface area contributed by atoms with E-state index in [2.05, 4.69) is 6.92 Å². The molecule has 0 radical (unpaired) electrons. The van der Waals surface area contributed by atoms with Crippen LogP contribution in [0.5, 0.6) is 5.75 Å². The van der Waals surface area contributed by atoms with Gasteiger partial charge in [0.15, 0.2) is 5.78 Å². The Balaban J connectivity index is 1.80. The lowest BCUT2D eigenvalue weighted by Gasteiger charge is -2.08. The van der Waals surface area contributed by atoms with Crippen LogP contribution in [0.25, 0.3) is 11.1 Å². The maximum absolute atomic E-state index is 12.3. The Labute approximate surface area is 181 Å². The summed E-state index contributed by atoms with van der Waals surface area (Å²) in [5, 5.41) is 0. The molecule has 0 spiro atoms. The van der Waals surface area contributed by atoms with Crippen molar-refractivity contribution in [2.75, 3.05) is 6.61 Å². The maximum Gasteiger partial charge on any atom is 0.170 e. The lowest BCUT2D eigenvalue weighted by Crippen LogP contribution is -2.07. The SMILES string of the molecule is CCCCCCCCOc1ccc(-c2ccc(C(=O)CC(=O)CCCC)cc2)cc1. The molecular formula is C27H36O3. The van der Waals surface area contributed by atoms with Crippen LogP contribution in [0.2, 0.25) is 0 Å². The first-order valence-corrected chi connectivity index (χ1v) is 11.5. The Morgan fingerprint density at radius 3 is 1.90 bits per heavy atom. The number of Topliss-reactive ketones (excluding diaryl/α,β-unsaturated/α-hetero) is 2. The Bertz CT molecular complexity index is 760. The molecule has 0 atom stereocenters. The van der Waals surface area contributed by atoms with Crippen molar-refractivity contribution in [3.8, 4) is 16.9 Å². The van der Waals surface area contributed by atoms with Crippen molar-refractivity contribution >= 4 is 11.6 Å². The maximum atomic E-state index is 12.3. The fraction of sp³-hybridized carbons (Fsp3) is 0.481. The molecule has 0 N–H and O–H groups in total. The Morgan fingerprint density at radius 2 is 1.27 bits per heavy atom. The first-order valence-electron chi connectivity index (χ1n) is 11.5. The van der Waals surface area contributed by atoms with Crippen LogP contribution >= 0.6 is 0 Å². The zero-order valence-electron chi connectivity index (χ0n) is 18.6. The van der Waals surface area contributed by atoms with Crippen LogP contribution in [0.3, 0.4) is 0 Å². The Kier molecular flexibility index (Phi) is 10.9. The minimum absolute atomic E-state index is 0.00395. The molecule has 2 aromatic rings. The molecule has 0 aliphatic heterocycles. The molecule has 0 amide bonds. The van der Waals surface area contributed by atoms with Gasteiger partial charge in [-0.15, -0.1) is 0 Å². The van der Waals surface area contributed by atoms with Gasteiger partial charge in [0.2, 0.25) is 0 Å². The molecule has 3 nitrogen and oxygen atoms in total. The summed E-state index contributed by atoms with van der Waals surface area (Å²) in [6.07, 6.45) is 9.87. The third-order valence-corrected chi connectivity index (χ3v) is 5.33. The second-order valence-corrected chi connectivity index (χ2v) is 7.96. The Morgan fingerprint density at radius 1 is 0.700 bits per heavy atom. The predicted molar refractivity (Wildman–Crippen MR) is 124 cm³/mol. The number of ether oxygens (including phenoxy) is 1. The van der Waals surface area contributed by atoms with Crippen molar-refractivity contribution in [1.82, 2.24) is 0 Å². The molecular weight excluding hydrogens is 372 g/mol. The van der Waals surface area contributed by atoms with E-state index >= 15 is 0 Å². The summed E-state index contributed by atoms with van der Waals surface area (Å²) in [7, 11) is 0. The van der Waals surface area contributed by atoms with E-state index < -0.39 is 0 Å². The van der Waals surface area contributed by atoms with E-state index in [9.17, 15) is 9.59 Å². The first-order chi connectivity index (χ1) is 14.6. The third-order valence-electron chi connectivity index (χ3n) is 5.33. The number of hydrogen-bond acceptors (Lipinski definition) is 3. The highest BCUT2D eigenvalue weighted by Gasteiger charge is 2.11. The van der Waals surface area contributed by atoms with E-state index in [1.165, 1.54) is 32.1 Å². The number of carbonyl (C=O) groups excluding carboxylic acids is 2. The zero-order valence-corrected chi connectivity index (χ0v) is 18.6. The van der Waals surface area contributed by atoms with E-state index in [0.29, 0.717) is 12.0 Å². The molecule has 0 saturated carbocycles. The summed E-state index contributed by atoms with van der Waals surface area (Å²) in [4.78, 5) is 24.1. The summed E-state index contributed by atoms with van der Waals surface area (Å²) in [6, 6.07) is 15.6. The summed E-state index contributed by atoms with van der Waals surface area (Å²) >= 11 is 0. The van der Waals surface area contributed by atoms with E-state index in [4.69, 9.17) is 4.74 Å². The van der Waals surface area contributed by atoms with Gasteiger partial charge in [0.1, 0.15) is 11.5 Å². The fourth-order valence-corrected chi connectivity index (χ4v) is 3.41. The van der Waals surface area contributed by atoms with Gasteiger partial charge >= 0.3 is 0 Å². The quantitative estimate of drug-likeness (QED) is 0.175. The summed E-state index contributed by atoms with van der Waals surface area (Å²) < 4.78 is 5.84. The number of hydrogen-bond donors (Lipinski definition) is 0. The molecule has 0 saturated heterocycles. The molecule has 0 unspecified atom stereocenters. The van der Waals surface area contributed by atoms with Gasteiger partial charge in [-0.1, -0.05) is 88.8 Å². The van der Waals surface area contributed by atoms with E-state index in [1.54, 1.807) is 0 Å². The third kappa shape index (κ3) is 8.52. The summed E-state index contributed by atoms with van der Waals surface area (Å²) in [5.74, 6) is 0.827. The van der Waals surface area contributed by atoms with Gasteiger partial charge in [0, 0.05) is 12.0 Å². The van der Waals surface area contributed by atoms with Crippen LogP contribution in [0.1, 0.15) is 88.4 Å². The zero-order chi connectivity index (χ0) is 21.6. The molecule has 2 rings (SSSR count). The highest BCUT2D eigenvalue weighted by Crippen LogP contribution is 2.23. The fourth-order valence-electron chi connectivity index (χ4n) is 3.41. The van der Waals surface area contributed by atoms with Gasteiger partial charge in [-0.2, -0.15) is 0 Å². The first kappa shape index (κ1) is 23.9. The molecule has 0 aromatic heterocycles. The lowest BCUT2D eigenvalue weighted by molar-refractivity contribution is -0.118. The van der Waals surface area contributed by atoms with Crippen LogP contribution in [0, 0.1) is 0 Å². The number of benzene rings is 2. The van der Waals surface area contributed by atoms with Gasteiger partial charge in [-0.05, 0) is 36.1 Å². The van der Waals surface area contributed by atoms with Gasteiger partial charge in [0.05, 0.1) is 13.0 Å². The molecule has 30 heavy (non-hydrogen) atoms. The van der Waals surface area contributed by atoms with Crippen molar-refractivity contribution in [2.45, 2.75) is 78.1 Å². The number of unbranched alkanes of at least 4 members (excludes halogenated alkanes) is 6. The van der Waals surface area contributed by atoms with Crippen LogP contribution in [-0.4, -0.2) is 18.2 Å². The molecule has 0 bridgehead atoms. The molecule has 0 fully saturated rings. The molecule has 0 aliphatic carbocycles. The number of carbonyl (C=O) groups is 2. The predicted octanol–water partition coefficient (Wildman–Crippen LogP) is 7.43. The molecule has 0 aliphatic rings. The summed E-state index contributed by atoms with van der Waals surface area (Å²) in [6.45, 7) is 5.04. The molecule has 3 heteroatoms. The van der Waals surface area contributed by atoms with Gasteiger partial charge in [-0.3, -0.25) is 9.59 Å². The normalized spacial score (nSPS) is 10.7. The van der Waals surface area contributed by atoms with Crippen molar-refractivity contribution in [1.29, 1.82) is 0 Å². The second kappa shape index (κ2) is 13.7. The smallest absolute Gasteiger partial charge is 0.170 e. The standard InChI is InChI=1S/C27H36O3/c1-3-5-7-8-9-10-20-30-26-18-16-23(17-19-26)22-12-14-24(15-13-22)27(29)21-25(28)11-6-4-2/h12-19H,3-11,20-21H2,1-2H3. The molecule has 2 aromatic carbocycles. The van der Waals surface area contributed by atoms with Crippen LogP contribution in [0.15, 0.2) is 48.5 Å². The van der Waals surface area contributed by atoms with E-state index in [0.717, 1.165) is 42.7 Å². The van der Waals surface area contributed by atoms with Crippen LogP contribution in [-0.2, 0) is 4.79 Å². The summed E-state index contributed by atoms with van der Waals surface area (Å²) in [5.41, 5.74) is 2.73. The van der Waals surface area contributed by atoms with Crippen molar-refractivity contribution in [2.24, 2.45) is 0 Å². The molecule has 0 heterocycles. The van der Waals surface area contributed by atoms with Gasteiger partial charge in [0.25, 0.3) is 0 Å².